The fourth-order valence-corrected chi connectivity index (χ4v) is 3.74. The van der Waals surface area contributed by atoms with Gasteiger partial charge in [0.1, 0.15) is 0 Å². The summed E-state index contributed by atoms with van der Waals surface area (Å²) in [5.41, 5.74) is 2.93. The quantitative estimate of drug-likeness (QED) is 0.877. The monoisotopic (exact) mass is 322 g/mol. The van der Waals surface area contributed by atoms with E-state index in [0.717, 1.165) is 38.8 Å². The van der Waals surface area contributed by atoms with Crippen molar-refractivity contribution in [1.29, 1.82) is 0 Å². The Morgan fingerprint density at radius 2 is 1.86 bits per heavy atom. The second-order valence-corrected chi connectivity index (χ2v) is 7.10. The molecule has 3 rings (SSSR count). The summed E-state index contributed by atoms with van der Waals surface area (Å²) < 4.78 is 0. The second kappa shape index (κ2) is 7.01. The van der Waals surface area contributed by atoms with Crippen LogP contribution in [0.5, 0.6) is 0 Å². The largest absolute Gasteiger partial charge is 0.349 e. The van der Waals surface area contributed by atoms with Crippen molar-refractivity contribution in [1.82, 2.24) is 10.6 Å². The molecule has 1 unspecified atom stereocenters. The van der Waals surface area contributed by atoms with Crippen LogP contribution in [0.25, 0.3) is 0 Å². The molecule has 0 spiro atoms. The van der Waals surface area contributed by atoms with E-state index < -0.39 is 0 Å². The molecular formula is C18H27ClN2O. The number of carbonyl (C=O) groups excluding carboxylic acids is 1. The fraction of sp³-hybridized carbons (Fsp3) is 0.611. The molecule has 2 N–H and O–H groups in total. The van der Waals surface area contributed by atoms with E-state index in [9.17, 15) is 4.79 Å². The minimum Gasteiger partial charge on any atom is -0.349 e. The van der Waals surface area contributed by atoms with Crippen molar-refractivity contribution in [3.63, 3.8) is 0 Å². The summed E-state index contributed by atoms with van der Waals surface area (Å²) >= 11 is 0. The zero-order valence-electron chi connectivity index (χ0n) is 13.5. The summed E-state index contributed by atoms with van der Waals surface area (Å²) in [5.74, 6) is 0.435. The number of fused-ring (bicyclic) bond motifs is 1. The zero-order chi connectivity index (χ0) is 14.9. The molecule has 0 radical (unpaired) electrons. The van der Waals surface area contributed by atoms with Crippen molar-refractivity contribution in [3.05, 3.63) is 35.4 Å². The molecule has 0 saturated carbocycles. The van der Waals surface area contributed by atoms with E-state index in [4.69, 9.17) is 0 Å². The van der Waals surface area contributed by atoms with E-state index in [1.54, 1.807) is 0 Å². The summed E-state index contributed by atoms with van der Waals surface area (Å²) in [6.45, 7) is 6.53. The third-order valence-corrected chi connectivity index (χ3v) is 5.15. The number of rotatable bonds is 2. The van der Waals surface area contributed by atoms with Crippen LogP contribution in [0.4, 0.5) is 0 Å². The standard InChI is InChI=1S/C18H26N2O.ClH/c1-18(2)10-7-16(14-5-3-4-6-15(14)18)20-17(21)13-8-11-19-12-9-13;/h3-6,13,16,19H,7-12H2,1-2H3,(H,20,21);1H. The first kappa shape index (κ1) is 17.3. The second-order valence-electron chi connectivity index (χ2n) is 7.10. The molecule has 1 heterocycles. The lowest BCUT2D eigenvalue weighted by Crippen LogP contribution is -2.41. The molecule has 0 aromatic heterocycles. The SMILES string of the molecule is CC1(C)CCC(NC(=O)C2CCNCC2)c2ccccc21.Cl. The molecular weight excluding hydrogens is 296 g/mol. The number of benzene rings is 1. The average Bonchev–Trinajstić information content (AvgIpc) is 2.51. The number of hydrogen-bond donors (Lipinski definition) is 2. The Morgan fingerprint density at radius 1 is 1.18 bits per heavy atom. The summed E-state index contributed by atoms with van der Waals surface area (Å²) in [6.07, 6.45) is 4.10. The molecule has 1 atom stereocenters. The van der Waals surface area contributed by atoms with E-state index in [0.29, 0.717) is 0 Å². The van der Waals surface area contributed by atoms with Crippen LogP contribution in [-0.2, 0) is 10.2 Å². The molecule has 1 saturated heterocycles. The first-order valence-corrected chi connectivity index (χ1v) is 8.18. The van der Waals surface area contributed by atoms with Gasteiger partial charge < -0.3 is 10.6 Å². The minimum atomic E-state index is 0. The normalized spacial score (nSPS) is 24.0. The molecule has 2 aliphatic rings. The molecule has 22 heavy (non-hydrogen) atoms. The van der Waals surface area contributed by atoms with Gasteiger partial charge in [-0.05, 0) is 55.3 Å². The van der Waals surface area contributed by atoms with Crippen molar-refractivity contribution in [3.8, 4) is 0 Å². The maximum atomic E-state index is 12.5. The Hall–Kier alpha value is -1.06. The van der Waals surface area contributed by atoms with Crippen molar-refractivity contribution in [2.24, 2.45) is 5.92 Å². The van der Waals surface area contributed by atoms with Gasteiger partial charge in [-0.15, -0.1) is 12.4 Å². The molecule has 122 valence electrons. The van der Waals surface area contributed by atoms with Crippen LogP contribution >= 0.6 is 12.4 Å². The van der Waals surface area contributed by atoms with Gasteiger partial charge in [0.25, 0.3) is 0 Å². The maximum absolute atomic E-state index is 12.5. The van der Waals surface area contributed by atoms with Gasteiger partial charge in [-0.3, -0.25) is 4.79 Å². The Bertz CT molecular complexity index is 524. The summed E-state index contributed by atoms with van der Waals surface area (Å²) in [4.78, 5) is 12.5. The third kappa shape index (κ3) is 3.47. The van der Waals surface area contributed by atoms with Gasteiger partial charge in [-0.2, -0.15) is 0 Å². The molecule has 1 fully saturated rings. The molecule has 0 bridgehead atoms. The predicted octanol–water partition coefficient (Wildman–Crippen LogP) is 3.34. The van der Waals surface area contributed by atoms with Gasteiger partial charge in [0.2, 0.25) is 5.91 Å². The Kier molecular flexibility index (Phi) is 5.51. The summed E-state index contributed by atoms with van der Waals surface area (Å²) in [5, 5.41) is 6.64. The highest BCUT2D eigenvalue weighted by Crippen LogP contribution is 2.41. The maximum Gasteiger partial charge on any atom is 0.223 e. The zero-order valence-corrected chi connectivity index (χ0v) is 14.3. The molecule has 1 aromatic carbocycles. The van der Waals surface area contributed by atoms with Gasteiger partial charge in [-0.1, -0.05) is 38.1 Å². The Labute approximate surface area is 139 Å². The molecule has 1 amide bonds. The van der Waals surface area contributed by atoms with Crippen molar-refractivity contribution in [2.75, 3.05) is 13.1 Å². The Morgan fingerprint density at radius 3 is 2.59 bits per heavy atom. The van der Waals surface area contributed by atoms with Crippen LogP contribution in [0.1, 0.15) is 56.7 Å². The van der Waals surface area contributed by atoms with Crippen LogP contribution < -0.4 is 10.6 Å². The third-order valence-electron chi connectivity index (χ3n) is 5.15. The lowest BCUT2D eigenvalue weighted by atomic mass is 9.71. The highest BCUT2D eigenvalue weighted by Gasteiger charge is 2.33. The average molecular weight is 323 g/mol. The van der Waals surface area contributed by atoms with Gasteiger partial charge in [-0.25, -0.2) is 0 Å². The van der Waals surface area contributed by atoms with Crippen molar-refractivity contribution in [2.45, 2.75) is 51.0 Å². The number of amides is 1. The van der Waals surface area contributed by atoms with Crippen LogP contribution in [0.3, 0.4) is 0 Å². The number of piperidine rings is 1. The highest BCUT2D eigenvalue weighted by atomic mass is 35.5. The predicted molar refractivity (Wildman–Crippen MR) is 92.4 cm³/mol. The van der Waals surface area contributed by atoms with Gasteiger partial charge >= 0.3 is 0 Å². The first-order chi connectivity index (χ1) is 10.1. The lowest BCUT2D eigenvalue weighted by Gasteiger charge is -2.38. The number of carbonyl (C=O) groups is 1. The molecule has 1 aliphatic heterocycles. The molecule has 3 nitrogen and oxygen atoms in total. The number of halogens is 1. The van der Waals surface area contributed by atoms with Crippen LogP contribution in [0.2, 0.25) is 0 Å². The van der Waals surface area contributed by atoms with Gasteiger partial charge in [0.05, 0.1) is 6.04 Å². The number of nitrogens with one attached hydrogen (secondary N) is 2. The van der Waals surface area contributed by atoms with E-state index in [1.807, 2.05) is 0 Å². The van der Waals surface area contributed by atoms with E-state index in [-0.39, 0.29) is 35.7 Å². The van der Waals surface area contributed by atoms with E-state index >= 15 is 0 Å². The minimum absolute atomic E-state index is 0. The smallest absolute Gasteiger partial charge is 0.223 e. The van der Waals surface area contributed by atoms with E-state index in [2.05, 4.69) is 48.7 Å². The van der Waals surface area contributed by atoms with Crippen LogP contribution in [0, 0.1) is 5.92 Å². The molecule has 4 heteroatoms. The first-order valence-electron chi connectivity index (χ1n) is 8.18. The summed E-state index contributed by atoms with van der Waals surface area (Å²) in [7, 11) is 0. The fourth-order valence-electron chi connectivity index (χ4n) is 3.74. The Balaban J connectivity index is 0.00000176. The molecule has 1 aliphatic carbocycles. The highest BCUT2D eigenvalue weighted by molar-refractivity contribution is 5.85. The van der Waals surface area contributed by atoms with Gasteiger partial charge in [0, 0.05) is 5.92 Å². The van der Waals surface area contributed by atoms with Crippen LogP contribution in [-0.4, -0.2) is 19.0 Å². The van der Waals surface area contributed by atoms with Gasteiger partial charge in [0.15, 0.2) is 0 Å². The van der Waals surface area contributed by atoms with E-state index in [1.165, 1.54) is 11.1 Å². The summed E-state index contributed by atoms with van der Waals surface area (Å²) in [6, 6.07) is 8.79. The molecule has 1 aromatic rings. The lowest BCUT2D eigenvalue weighted by molar-refractivity contribution is -0.126. The van der Waals surface area contributed by atoms with Crippen molar-refractivity contribution >= 4 is 18.3 Å². The number of hydrogen-bond acceptors (Lipinski definition) is 2. The van der Waals surface area contributed by atoms with Crippen LogP contribution in [0.15, 0.2) is 24.3 Å². The topological polar surface area (TPSA) is 41.1 Å². The van der Waals surface area contributed by atoms with Crippen molar-refractivity contribution < 1.29 is 4.79 Å².